The summed E-state index contributed by atoms with van der Waals surface area (Å²) in [7, 11) is -1.77. The summed E-state index contributed by atoms with van der Waals surface area (Å²) in [5, 5.41) is 9.26. The van der Waals surface area contributed by atoms with Crippen LogP contribution in [0.15, 0.2) is 23.2 Å². The molecular formula is C20H21F3N6O2S. The van der Waals surface area contributed by atoms with Crippen LogP contribution < -0.4 is 4.74 Å². The quantitative estimate of drug-likeness (QED) is 0.593. The number of hydrogen-bond donors (Lipinski definition) is 1. The largest absolute Gasteiger partial charge is 0.471 e. The van der Waals surface area contributed by atoms with E-state index in [-0.39, 0.29) is 33.4 Å². The Bertz CT molecular complexity index is 1350. The van der Waals surface area contributed by atoms with Crippen molar-refractivity contribution in [2.24, 2.45) is 7.05 Å². The van der Waals surface area contributed by atoms with Crippen LogP contribution in [-0.4, -0.2) is 35.1 Å². The fourth-order valence-corrected chi connectivity index (χ4v) is 4.05. The number of rotatable bonds is 5. The average Bonchev–Trinajstić information content (AvgIpc) is 3.04. The van der Waals surface area contributed by atoms with E-state index in [0.717, 1.165) is 12.3 Å². The Morgan fingerprint density at radius 1 is 1.28 bits per heavy atom. The van der Waals surface area contributed by atoms with Crippen LogP contribution in [0.1, 0.15) is 32.2 Å². The van der Waals surface area contributed by atoms with E-state index in [2.05, 4.69) is 15.0 Å². The molecule has 0 aliphatic carbocycles. The number of nitrogens with one attached hydrogen (secondary N) is 1. The molecule has 0 radical (unpaired) electrons. The van der Waals surface area contributed by atoms with Crippen molar-refractivity contribution in [3.8, 4) is 23.3 Å². The van der Waals surface area contributed by atoms with Gasteiger partial charge in [0.1, 0.15) is 23.2 Å². The van der Waals surface area contributed by atoms with Crippen LogP contribution in [0, 0.1) is 23.0 Å². The second kappa shape index (κ2) is 7.74. The molecule has 0 amide bonds. The summed E-state index contributed by atoms with van der Waals surface area (Å²) in [6, 6.07) is 4.22. The molecule has 0 unspecified atom stereocenters. The van der Waals surface area contributed by atoms with Gasteiger partial charge in [-0.3, -0.25) is 0 Å². The molecule has 1 N–H and O–H groups in total. The van der Waals surface area contributed by atoms with Crippen molar-refractivity contribution in [3.63, 3.8) is 0 Å². The number of aryl methyl sites for hydroxylation is 2. The predicted molar refractivity (Wildman–Crippen MR) is 111 cm³/mol. The van der Waals surface area contributed by atoms with Crippen LogP contribution in [0.4, 0.5) is 13.2 Å². The molecule has 3 heterocycles. The third-order valence-electron chi connectivity index (χ3n) is 4.80. The van der Waals surface area contributed by atoms with E-state index in [9.17, 15) is 22.6 Å². The molecule has 0 aromatic carbocycles. The molecule has 0 bridgehead atoms. The summed E-state index contributed by atoms with van der Waals surface area (Å²) in [5.74, 6) is 0.289. The summed E-state index contributed by atoms with van der Waals surface area (Å²) < 4.78 is 67.8. The van der Waals surface area contributed by atoms with E-state index in [4.69, 9.17) is 9.52 Å². The fraction of sp³-hybridized carbons (Fsp3) is 0.400. The van der Waals surface area contributed by atoms with Gasteiger partial charge >= 0.3 is 6.18 Å². The Balaban J connectivity index is 2.29. The second-order valence-corrected chi connectivity index (χ2v) is 10.0. The number of fused-ring (bicyclic) bond motifs is 1. The van der Waals surface area contributed by atoms with E-state index in [0.29, 0.717) is 11.2 Å². The maximum Gasteiger partial charge on any atom is 0.433 e. The van der Waals surface area contributed by atoms with Gasteiger partial charge in [0, 0.05) is 18.9 Å². The number of ether oxygens (including phenoxy) is 1. The minimum absolute atomic E-state index is 0.0248. The molecule has 170 valence electrons. The maximum atomic E-state index is 13.1. The zero-order valence-corrected chi connectivity index (χ0v) is 18.9. The molecule has 0 fully saturated rings. The first-order chi connectivity index (χ1) is 14.7. The lowest BCUT2D eigenvalue weighted by atomic mass is 10.1. The predicted octanol–water partition coefficient (Wildman–Crippen LogP) is 4.46. The number of alkyl halides is 3. The van der Waals surface area contributed by atoms with Gasteiger partial charge in [-0.25, -0.2) is 23.9 Å². The normalized spacial score (nSPS) is 14.2. The minimum atomic E-state index is -4.63. The first-order valence-electron chi connectivity index (χ1n) is 9.48. The van der Waals surface area contributed by atoms with Crippen LogP contribution in [0.25, 0.3) is 22.6 Å². The lowest BCUT2D eigenvalue weighted by Crippen LogP contribution is -2.26. The van der Waals surface area contributed by atoms with Gasteiger partial charge in [0.25, 0.3) is 0 Å². The van der Waals surface area contributed by atoms with Crippen molar-refractivity contribution >= 4 is 20.8 Å². The van der Waals surface area contributed by atoms with E-state index in [1.54, 1.807) is 34.7 Å². The Hall–Kier alpha value is -3.20. The standard InChI is InChI=1S/C20H21F3N6O2S/c1-6-32(25,30)15-8-14(31-19(3,4)10-24)11(2)27-17(15)18-28-12-7-16(20(21,22)23)26-9-13(12)29(18)5/h7-9,25H,6H2,1-5H3/t32-/m1/s1. The summed E-state index contributed by atoms with van der Waals surface area (Å²) >= 11 is 0. The van der Waals surface area contributed by atoms with Gasteiger partial charge in [-0.05, 0) is 26.8 Å². The molecule has 1 atom stereocenters. The average molecular weight is 466 g/mol. The van der Waals surface area contributed by atoms with E-state index < -0.39 is 27.2 Å². The summed E-state index contributed by atoms with van der Waals surface area (Å²) in [6.07, 6.45) is -3.57. The van der Waals surface area contributed by atoms with Crippen LogP contribution in [0.5, 0.6) is 5.75 Å². The summed E-state index contributed by atoms with van der Waals surface area (Å²) in [4.78, 5) is 12.2. The Kier molecular flexibility index (Phi) is 5.67. The van der Waals surface area contributed by atoms with Crippen molar-refractivity contribution in [2.75, 3.05) is 5.75 Å². The van der Waals surface area contributed by atoms with Gasteiger partial charge < -0.3 is 9.30 Å². The molecule has 0 spiro atoms. The van der Waals surface area contributed by atoms with Gasteiger partial charge in [-0.2, -0.15) is 18.4 Å². The molecule has 0 aliphatic rings. The molecule has 3 aromatic heterocycles. The highest BCUT2D eigenvalue weighted by Gasteiger charge is 2.33. The summed E-state index contributed by atoms with van der Waals surface area (Å²) in [6.45, 7) is 6.29. The lowest BCUT2D eigenvalue weighted by Gasteiger charge is -2.21. The number of imidazole rings is 1. The first kappa shape index (κ1) is 23.5. The smallest absolute Gasteiger partial charge is 0.433 e. The monoisotopic (exact) mass is 466 g/mol. The molecule has 3 aromatic rings. The Morgan fingerprint density at radius 3 is 2.50 bits per heavy atom. The number of hydrogen-bond acceptors (Lipinski definition) is 7. The van der Waals surface area contributed by atoms with E-state index in [1.165, 1.54) is 10.6 Å². The molecule has 32 heavy (non-hydrogen) atoms. The third-order valence-corrected chi connectivity index (χ3v) is 6.63. The van der Waals surface area contributed by atoms with Gasteiger partial charge in [0.05, 0.1) is 37.5 Å². The first-order valence-corrected chi connectivity index (χ1v) is 11.2. The molecule has 0 saturated carbocycles. The number of halogens is 3. The molecule has 0 aliphatic heterocycles. The second-order valence-electron chi connectivity index (χ2n) is 7.66. The molecule has 3 rings (SSSR count). The van der Waals surface area contributed by atoms with Gasteiger partial charge in [0.2, 0.25) is 0 Å². The zero-order valence-electron chi connectivity index (χ0n) is 18.0. The maximum absolute atomic E-state index is 13.1. The van der Waals surface area contributed by atoms with Crippen LogP contribution >= 0.6 is 0 Å². The number of nitrogens with zero attached hydrogens (tertiary/aromatic N) is 5. The number of pyridine rings is 2. The molecule has 0 saturated heterocycles. The number of nitriles is 1. The van der Waals surface area contributed by atoms with Crippen molar-refractivity contribution in [1.29, 1.82) is 10.0 Å². The van der Waals surface area contributed by atoms with Crippen molar-refractivity contribution in [1.82, 2.24) is 19.5 Å². The Morgan fingerprint density at radius 2 is 1.94 bits per heavy atom. The van der Waals surface area contributed by atoms with Crippen molar-refractivity contribution in [2.45, 2.75) is 44.4 Å². The van der Waals surface area contributed by atoms with Crippen molar-refractivity contribution < 1.29 is 22.1 Å². The van der Waals surface area contributed by atoms with E-state index in [1.807, 2.05) is 6.07 Å². The lowest BCUT2D eigenvalue weighted by molar-refractivity contribution is -0.141. The third kappa shape index (κ3) is 4.25. The van der Waals surface area contributed by atoms with E-state index >= 15 is 0 Å². The summed E-state index contributed by atoms with van der Waals surface area (Å²) in [5.41, 5.74) is -1.48. The van der Waals surface area contributed by atoms with Gasteiger partial charge in [-0.1, -0.05) is 6.92 Å². The van der Waals surface area contributed by atoms with Crippen LogP contribution in [0.2, 0.25) is 0 Å². The van der Waals surface area contributed by atoms with Crippen LogP contribution in [0.3, 0.4) is 0 Å². The SMILES string of the molecule is CC[S@@](=N)(=O)c1cc(OC(C)(C)C#N)c(C)nc1-c1nc2cc(C(F)(F)F)ncc2n1C. The minimum Gasteiger partial charge on any atom is -0.471 e. The topological polar surface area (TPSA) is 118 Å². The van der Waals surface area contributed by atoms with Crippen LogP contribution in [-0.2, 0) is 23.0 Å². The highest BCUT2D eigenvalue weighted by Crippen LogP contribution is 2.35. The number of aromatic nitrogens is 4. The van der Waals surface area contributed by atoms with Crippen molar-refractivity contribution in [3.05, 3.63) is 29.7 Å². The highest BCUT2D eigenvalue weighted by atomic mass is 32.2. The van der Waals surface area contributed by atoms with Gasteiger partial charge in [0.15, 0.2) is 11.4 Å². The molecular weight excluding hydrogens is 445 g/mol. The van der Waals surface area contributed by atoms with Gasteiger partial charge in [-0.15, -0.1) is 0 Å². The fourth-order valence-electron chi connectivity index (χ4n) is 2.99. The molecule has 12 heteroatoms. The highest BCUT2D eigenvalue weighted by molar-refractivity contribution is 7.92. The molecule has 8 nitrogen and oxygen atoms in total. The zero-order chi connectivity index (χ0) is 24.1. The Labute approximate surface area is 183 Å².